The highest BCUT2D eigenvalue weighted by Crippen LogP contribution is 2.34. The molecule has 1 atom stereocenters. The molecule has 2 nitrogen and oxygen atoms in total. The maximum Gasteiger partial charge on any atom is 0.404 e. The Morgan fingerprint density at radius 2 is 1.39 bits per heavy atom. The summed E-state index contributed by atoms with van der Waals surface area (Å²) in [6.45, 7) is 0.537. The predicted octanol–water partition coefficient (Wildman–Crippen LogP) is 2.62. The molecule has 1 aliphatic heterocycles. The lowest BCUT2D eigenvalue weighted by atomic mass is 10.1. The van der Waals surface area contributed by atoms with Crippen molar-refractivity contribution in [3.05, 3.63) is 0 Å². The fourth-order valence-electron chi connectivity index (χ4n) is 1.66. The van der Waals surface area contributed by atoms with E-state index in [0.717, 1.165) is 4.90 Å². The summed E-state index contributed by atoms with van der Waals surface area (Å²) in [6, 6.07) is -2.42. The van der Waals surface area contributed by atoms with Gasteiger partial charge < -0.3 is 5.32 Å². The molecule has 0 amide bonds. The third kappa shape index (κ3) is 6.86. The summed E-state index contributed by atoms with van der Waals surface area (Å²) >= 11 is 0. The van der Waals surface area contributed by atoms with Crippen molar-refractivity contribution in [2.75, 3.05) is 26.2 Å². The van der Waals surface area contributed by atoms with E-state index in [-0.39, 0.29) is 51.0 Å². The van der Waals surface area contributed by atoms with Gasteiger partial charge in [0.2, 0.25) is 0 Å². The van der Waals surface area contributed by atoms with Crippen molar-refractivity contribution in [1.29, 1.82) is 0 Å². The van der Waals surface area contributed by atoms with Gasteiger partial charge in [-0.3, -0.25) is 4.90 Å². The third-order valence-electron chi connectivity index (χ3n) is 2.40. The molecule has 0 saturated carbocycles. The van der Waals surface area contributed by atoms with Gasteiger partial charge in [0.15, 0.2) is 0 Å². The van der Waals surface area contributed by atoms with Crippen molar-refractivity contribution in [1.82, 2.24) is 10.2 Å². The average Bonchev–Trinajstić information content (AvgIpc) is 2.13. The van der Waals surface area contributed by atoms with Gasteiger partial charge >= 0.3 is 12.4 Å². The summed E-state index contributed by atoms with van der Waals surface area (Å²) in [4.78, 5) is 0.837. The molecule has 0 aromatic rings. The highest BCUT2D eigenvalue weighted by molar-refractivity contribution is 5.85. The fourth-order valence-corrected chi connectivity index (χ4v) is 1.66. The van der Waals surface area contributed by atoms with Crippen LogP contribution < -0.4 is 5.32 Å². The highest BCUT2D eigenvalue weighted by atomic mass is 35.5. The summed E-state index contributed by atoms with van der Waals surface area (Å²) in [5.41, 5.74) is 0. The number of rotatable bonds is 2. The first-order valence-corrected chi connectivity index (χ1v) is 4.78. The summed E-state index contributed by atoms with van der Waals surface area (Å²) in [7, 11) is 0. The Hall–Kier alpha value is 0.0800. The third-order valence-corrected chi connectivity index (χ3v) is 2.40. The number of nitrogens with one attached hydrogen (secondary N) is 1. The minimum Gasteiger partial charge on any atom is -0.314 e. The van der Waals surface area contributed by atoms with Crippen LogP contribution in [0.3, 0.4) is 0 Å². The van der Waals surface area contributed by atoms with Crippen LogP contribution in [0.4, 0.5) is 26.3 Å². The van der Waals surface area contributed by atoms with E-state index in [9.17, 15) is 26.3 Å². The van der Waals surface area contributed by atoms with Crippen LogP contribution in [0.1, 0.15) is 6.42 Å². The van der Waals surface area contributed by atoms with Gasteiger partial charge in [0.1, 0.15) is 6.04 Å². The molecule has 1 saturated heterocycles. The zero-order valence-electron chi connectivity index (χ0n) is 9.14. The second kappa shape index (κ2) is 7.62. The van der Waals surface area contributed by atoms with Crippen molar-refractivity contribution in [3.8, 4) is 0 Å². The quantitative estimate of drug-likeness (QED) is 0.786. The Labute approximate surface area is 113 Å². The van der Waals surface area contributed by atoms with Gasteiger partial charge in [-0.15, -0.1) is 24.8 Å². The fraction of sp³-hybridized carbons (Fsp3) is 1.00. The van der Waals surface area contributed by atoms with E-state index in [4.69, 9.17) is 0 Å². The molecule has 10 heteroatoms. The molecule has 0 aliphatic carbocycles. The molecule has 0 aromatic carbocycles. The van der Waals surface area contributed by atoms with Gasteiger partial charge in [0.25, 0.3) is 0 Å². The Bertz CT molecular complexity index is 227. The van der Waals surface area contributed by atoms with Gasteiger partial charge in [-0.1, -0.05) is 0 Å². The normalized spacial score (nSPS) is 19.7. The molecular formula is C8H14Cl2F6N2. The Kier molecular flexibility index (Phi) is 8.63. The Balaban J connectivity index is 0. The van der Waals surface area contributed by atoms with Crippen molar-refractivity contribution in [2.45, 2.75) is 24.8 Å². The van der Waals surface area contributed by atoms with E-state index >= 15 is 0 Å². The van der Waals surface area contributed by atoms with E-state index < -0.39 is 24.8 Å². The van der Waals surface area contributed by atoms with Gasteiger partial charge in [0.05, 0.1) is 6.42 Å². The Morgan fingerprint density at radius 1 is 0.944 bits per heavy atom. The number of halogens is 8. The average molecular weight is 323 g/mol. The number of hydrogen-bond acceptors (Lipinski definition) is 2. The number of nitrogens with zero attached hydrogens (tertiary/aromatic N) is 1. The van der Waals surface area contributed by atoms with Crippen LogP contribution in [0.5, 0.6) is 0 Å². The lowest BCUT2D eigenvalue weighted by molar-refractivity contribution is -0.225. The first-order chi connectivity index (χ1) is 7.20. The van der Waals surface area contributed by atoms with E-state index in [2.05, 4.69) is 5.32 Å². The van der Waals surface area contributed by atoms with Gasteiger partial charge in [-0.25, -0.2) is 0 Å². The first-order valence-electron chi connectivity index (χ1n) is 4.78. The highest BCUT2D eigenvalue weighted by Gasteiger charge is 2.49. The van der Waals surface area contributed by atoms with Crippen LogP contribution in [-0.4, -0.2) is 49.5 Å². The second-order valence-electron chi connectivity index (χ2n) is 3.66. The van der Waals surface area contributed by atoms with E-state index in [0.29, 0.717) is 0 Å². The molecule has 1 aliphatic rings. The zero-order chi connectivity index (χ0) is 12.4. The van der Waals surface area contributed by atoms with Crippen molar-refractivity contribution in [3.63, 3.8) is 0 Å². The topological polar surface area (TPSA) is 15.3 Å². The largest absolute Gasteiger partial charge is 0.404 e. The Morgan fingerprint density at radius 3 is 1.72 bits per heavy atom. The molecule has 18 heavy (non-hydrogen) atoms. The lowest BCUT2D eigenvalue weighted by Crippen LogP contribution is -2.54. The van der Waals surface area contributed by atoms with Crippen molar-refractivity contribution >= 4 is 24.8 Å². The number of hydrogen-bond donors (Lipinski definition) is 1. The maximum absolute atomic E-state index is 12.5. The summed E-state index contributed by atoms with van der Waals surface area (Å²) < 4.78 is 73.6. The zero-order valence-corrected chi connectivity index (χ0v) is 10.8. The first kappa shape index (κ1) is 20.4. The number of piperazine rings is 1. The summed E-state index contributed by atoms with van der Waals surface area (Å²) in [6.07, 6.45) is -11.5. The monoisotopic (exact) mass is 322 g/mol. The minimum atomic E-state index is -4.84. The predicted molar refractivity (Wildman–Crippen MR) is 59.5 cm³/mol. The maximum atomic E-state index is 12.5. The van der Waals surface area contributed by atoms with Gasteiger partial charge in [-0.2, -0.15) is 26.3 Å². The standard InChI is InChI=1S/C8H12F6N2.2ClH/c9-7(10,11)5-6(8(12,13)14)16-3-1-15-2-4-16;;/h6,15H,1-5H2;2*1H/t6-;;/m0../s1. The number of alkyl halides is 6. The van der Waals surface area contributed by atoms with Crippen molar-refractivity contribution in [2.24, 2.45) is 0 Å². The molecule has 1 N–H and O–H groups in total. The second-order valence-corrected chi connectivity index (χ2v) is 3.66. The van der Waals surface area contributed by atoms with Crippen LogP contribution in [0.2, 0.25) is 0 Å². The van der Waals surface area contributed by atoms with E-state index in [1.807, 2.05) is 0 Å². The van der Waals surface area contributed by atoms with Crippen LogP contribution in [0, 0.1) is 0 Å². The van der Waals surface area contributed by atoms with Crippen LogP contribution in [-0.2, 0) is 0 Å². The SMILES string of the molecule is Cl.Cl.FC(F)(F)C[C@H](N1CCNCC1)C(F)(F)F. The molecule has 1 fully saturated rings. The minimum absolute atomic E-state index is 0. The summed E-state index contributed by atoms with van der Waals surface area (Å²) in [5.74, 6) is 0. The molecule has 0 radical (unpaired) electrons. The molecule has 1 heterocycles. The van der Waals surface area contributed by atoms with E-state index in [1.54, 1.807) is 0 Å². The molecule has 0 unspecified atom stereocenters. The van der Waals surface area contributed by atoms with Crippen LogP contribution in [0.25, 0.3) is 0 Å². The summed E-state index contributed by atoms with van der Waals surface area (Å²) in [5, 5.41) is 2.79. The smallest absolute Gasteiger partial charge is 0.314 e. The molecule has 0 spiro atoms. The van der Waals surface area contributed by atoms with E-state index in [1.165, 1.54) is 0 Å². The molecule has 0 bridgehead atoms. The van der Waals surface area contributed by atoms with Crippen LogP contribution in [0.15, 0.2) is 0 Å². The molecule has 1 rings (SSSR count). The molecule has 0 aromatic heterocycles. The lowest BCUT2D eigenvalue weighted by Gasteiger charge is -2.36. The van der Waals surface area contributed by atoms with Crippen molar-refractivity contribution < 1.29 is 26.3 Å². The molecule has 112 valence electrons. The van der Waals surface area contributed by atoms with Crippen LogP contribution >= 0.6 is 24.8 Å². The van der Waals surface area contributed by atoms with Gasteiger partial charge in [0, 0.05) is 26.2 Å². The van der Waals surface area contributed by atoms with Gasteiger partial charge in [-0.05, 0) is 0 Å². The molecular weight excluding hydrogens is 309 g/mol.